The van der Waals surface area contributed by atoms with E-state index in [1.165, 1.54) is 71.3 Å². The molecule has 0 saturated carbocycles. The topological polar surface area (TPSA) is 549 Å². The van der Waals surface area contributed by atoms with Crippen LogP contribution in [0.15, 0.2) is 121 Å². The maximum absolute atomic E-state index is 15.3. The zero-order chi connectivity index (χ0) is 97.9. The van der Waals surface area contributed by atoms with Crippen LogP contribution in [0.5, 0.6) is 11.5 Å². The number of aromatic hydroxyl groups is 1. The fourth-order valence-corrected chi connectivity index (χ4v) is 21.4. The number of hydrogen-bond acceptors (Lipinski definition) is 27. The average Bonchev–Trinajstić information content (AvgIpc) is 0.866. The van der Waals surface area contributed by atoms with Gasteiger partial charge in [-0.3, -0.25) is 53.3 Å². The van der Waals surface area contributed by atoms with Crippen molar-refractivity contribution >= 4 is 149 Å². The minimum absolute atomic E-state index is 0.0113. The lowest BCUT2D eigenvalue weighted by molar-refractivity contribution is -0.328. The number of nitrogens with one attached hydrogen (secondary N) is 11. The first kappa shape index (κ1) is 107. The highest BCUT2D eigenvalue weighted by Gasteiger charge is 2.64. The number of carbonyl (C=O) groups is 13. The zero-order valence-corrected chi connectivity index (χ0v) is 81.2. The average molecular weight is 1960 g/mol. The summed E-state index contributed by atoms with van der Waals surface area (Å²) < 4.78 is 28.7. The number of nitrogens with two attached hydrogens (primary N) is 3. The smallest absolute Gasteiger partial charge is 0.409 e. The van der Waals surface area contributed by atoms with Crippen LogP contribution < -0.4 is 80.0 Å². The Kier molecular flexibility index (Phi) is 40.0. The molecule has 5 aliphatic rings. The van der Waals surface area contributed by atoms with Crippen molar-refractivity contribution in [2.24, 2.45) is 17.2 Å². The summed E-state index contributed by atoms with van der Waals surface area (Å²) in [7, 11) is 9.69. The Labute approximate surface area is 800 Å². The number of methoxy groups -OCH3 is 2. The number of hydrogen-bond donors (Lipinski definition) is 17. The number of alkyl carbamates (subject to hydrolysis) is 1. The highest BCUT2D eigenvalue weighted by atomic mass is 35.5. The molecular weight excluding hydrogens is 1830 g/mol. The Balaban J connectivity index is 0.947. The largest absolute Gasteiger partial charge is 0.508 e. The molecule has 6 bridgehead atoms. The number of benzene rings is 4. The summed E-state index contributed by atoms with van der Waals surface area (Å²) in [5.41, 5.74) is 17.7. The number of aromatic amines is 1. The van der Waals surface area contributed by atoms with Gasteiger partial charge in [0.2, 0.25) is 59.1 Å². The van der Waals surface area contributed by atoms with E-state index < -0.39 is 190 Å². The van der Waals surface area contributed by atoms with E-state index >= 15 is 24.0 Å². The van der Waals surface area contributed by atoms with Crippen LogP contribution in [-0.2, 0) is 97.4 Å². The highest BCUT2D eigenvalue weighted by Crippen LogP contribution is 2.51. The fourth-order valence-electron chi connectivity index (χ4n) is 16.1. The van der Waals surface area contributed by atoms with Gasteiger partial charge in [-0.1, -0.05) is 152 Å². The molecular formula is C92H127ClN16O21S4. The number of aliphatic hydroxyl groups excluding tert-OH is 1. The summed E-state index contributed by atoms with van der Waals surface area (Å²) in [6.07, 6.45) is 3.11. The molecule has 37 nitrogen and oxygen atoms in total. The van der Waals surface area contributed by atoms with Crippen molar-refractivity contribution in [3.8, 4) is 11.5 Å². The van der Waals surface area contributed by atoms with Crippen molar-refractivity contribution in [2.45, 2.75) is 245 Å². The van der Waals surface area contributed by atoms with E-state index in [4.69, 9.17) is 52.5 Å². The molecule has 42 heteroatoms. The van der Waals surface area contributed by atoms with E-state index in [1.54, 1.807) is 119 Å². The lowest BCUT2D eigenvalue weighted by Crippen LogP contribution is -2.72. The first-order valence-corrected chi connectivity index (χ1v) is 49.6. The maximum Gasteiger partial charge on any atom is 0.409 e. The number of ether oxygens (including phenoxy) is 5. The van der Waals surface area contributed by atoms with Crippen LogP contribution in [0.2, 0.25) is 5.02 Å². The Bertz CT molecular complexity index is 5010. The Morgan fingerprint density at radius 1 is 0.799 bits per heavy atom. The molecule has 3 saturated heterocycles. The number of aromatic nitrogens is 1. The summed E-state index contributed by atoms with van der Waals surface area (Å²) >= 11 is 6.92. The second-order valence-corrected chi connectivity index (χ2v) is 41.0. The molecule has 732 valence electrons. The molecule has 0 spiro atoms. The summed E-state index contributed by atoms with van der Waals surface area (Å²) in [5, 5.41) is 61.9. The first-order chi connectivity index (χ1) is 63.6. The minimum atomic E-state index is -1.99. The number of nitrogens with zero attached hydrogens (tertiary/aromatic N) is 2. The number of unbranched alkanes of at least 4 members (excludes halogenated alkanes) is 4. The maximum atomic E-state index is 15.3. The Hall–Kier alpha value is -10.3. The monoisotopic (exact) mass is 1950 g/mol. The molecule has 10 rings (SSSR count). The number of rotatable bonds is 34. The number of H-pyrrole nitrogens is 1. The zero-order valence-electron chi connectivity index (χ0n) is 77.2. The molecule has 0 radical (unpaired) electrons. The number of para-hydroxylation sites is 1. The molecule has 5 aromatic rings. The van der Waals surface area contributed by atoms with Gasteiger partial charge < -0.3 is 119 Å². The number of primary amides is 1. The standard InChI is InChI=1S/C92H127ClN16O21S4/c1-52-24-23-30-70(127-11)92(125)47-72(129-88(124)107-92)91(7)51-90(6,130-91)71(46-74(113)109(9)68-43-57(40-52)44-69(126-10)75(68)93)128-86(122)53(2)108(8)73(112)35-39-131-134-89(4,5)77(78(96)114)106-84(120)67-50-133-132-49-66(103-79(115)61(95)41-55-25-15-14-16-26-55)83(119)101-64(42-56-31-33-59(111)34-32-56)81(117)102-65(45-58-48-99-62-28-18-17-27-60(58)62)82(118)100-63(80(116)105-76(54(3)110)85(121)104-67)29-19-22-38-98-87(123)97-37-21-13-12-20-36-94/h14-18,23-28,30-34,43-44,48,53-54,61,63-67,70-72,76-77,99,110-111,125H,12-13,19-22,29,35-42,45-47,49-51,94-95H2,1-11H3,(H2,96,114)(H,100,118)(H,101,119)(H,102,117)(H,103,115)(H,104,121)(H,105,116)(H,106,120)(H,107,124)(H2,97,98,123)/b30-23+,52-24+/t53-,54+,61+,63-,64-,65+,66-,67-,70+,71-,72-,76-,77+,90+,91?,92-/m0/s1. The summed E-state index contributed by atoms with van der Waals surface area (Å²) in [6, 6.07) is 11.0. The third-order valence-electron chi connectivity index (χ3n) is 23.9. The van der Waals surface area contributed by atoms with Gasteiger partial charge in [0, 0.05) is 106 Å². The molecule has 6 heterocycles. The van der Waals surface area contributed by atoms with Crippen molar-refractivity contribution in [1.29, 1.82) is 0 Å². The van der Waals surface area contributed by atoms with Gasteiger partial charge in [-0.05, 0) is 153 Å². The first-order valence-electron chi connectivity index (χ1n) is 44.4. The van der Waals surface area contributed by atoms with Gasteiger partial charge in [-0.15, -0.1) is 0 Å². The van der Waals surface area contributed by atoms with Crippen molar-refractivity contribution in [1.82, 2.24) is 63.1 Å². The van der Waals surface area contributed by atoms with E-state index in [1.807, 2.05) is 6.92 Å². The van der Waals surface area contributed by atoms with Crippen LogP contribution in [0.4, 0.5) is 15.3 Å². The second kappa shape index (κ2) is 49.9. The lowest BCUT2D eigenvalue weighted by atomic mass is 9.72. The second-order valence-electron chi connectivity index (χ2n) is 35.0. The summed E-state index contributed by atoms with van der Waals surface area (Å²) in [4.78, 5) is 195. The van der Waals surface area contributed by atoms with E-state index in [9.17, 15) is 53.7 Å². The molecule has 1 unspecified atom stereocenters. The van der Waals surface area contributed by atoms with Crippen LogP contribution in [0.1, 0.15) is 141 Å². The molecule has 5 aliphatic heterocycles. The highest BCUT2D eigenvalue weighted by molar-refractivity contribution is 8.77. The third-order valence-corrected chi connectivity index (χ3v) is 30.0. The van der Waals surface area contributed by atoms with Crippen LogP contribution in [0.25, 0.3) is 10.9 Å². The van der Waals surface area contributed by atoms with Gasteiger partial charge >= 0.3 is 18.1 Å². The lowest BCUT2D eigenvalue weighted by Gasteiger charge is -2.59. The quantitative estimate of drug-likeness (QED) is 0.0145. The number of aliphatic hydroxyl groups is 2. The number of amides is 13. The number of esters is 1. The van der Waals surface area contributed by atoms with E-state index in [2.05, 4.69) is 58.2 Å². The van der Waals surface area contributed by atoms with E-state index in [0.717, 1.165) is 79.3 Å². The summed E-state index contributed by atoms with van der Waals surface area (Å²) in [6.45, 7) is 12.0. The Morgan fingerprint density at radius 3 is 2.11 bits per heavy atom. The third kappa shape index (κ3) is 30.1. The van der Waals surface area contributed by atoms with Crippen molar-refractivity contribution in [3.63, 3.8) is 0 Å². The molecule has 4 aromatic carbocycles. The molecule has 3 fully saturated rings. The van der Waals surface area contributed by atoms with Crippen molar-refractivity contribution in [3.05, 3.63) is 148 Å². The van der Waals surface area contributed by atoms with Crippen LogP contribution in [0, 0.1) is 0 Å². The van der Waals surface area contributed by atoms with Crippen LogP contribution in [-0.4, -0.2) is 268 Å². The van der Waals surface area contributed by atoms with Crippen molar-refractivity contribution < 1.29 is 101 Å². The number of phenolic OH excluding ortho intramolecular Hbond substituents is 1. The van der Waals surface area contributed by atoms with Crippen molar-refractivity contribution in [2.75, 3.05) is 70.1 Å². The number of allylic oxidation sites excluding steroid dienone is 3. The minimum Gasteiger partial charge on any atom is -0.508 e. The summed E-state index contributed by atoms with van der Waals surface area (Å²) in [5.74, 6) is -10.3. The fraction of sp³-hybridized carbons (Fsp3) is 0.533. The van der Waals surface area contributed by atoms with Gasteiger partial charge in [0.25, 0.3) is 0 Å². The van der Waals surface area contributed by atoms with Crippen LogP contribution >= 0.6 is 54.8 Å². The molecule has 13 amide bonds. The van der Waals surface area contributed by atoms with Gasteiger partial charge in [-0.2, -0.15) is 0 Å². The van der Waals surface area contributed by atoms with E-state index in [-0.39, 0.29) is 98.0 Å². The van der Waals surface area contributed by atoms with E-state index in [0.29, 0.717) is 52.7 Å². The predicted molar refractivity (Wildman–Crippen MR) is 514 cm³/mol. The molecule has 1 aromatic heterocycles. The Morgan fingerprint density at radius 2 is 1.44 bits per heavy atom. The number of halogens is 1. The number of fused-ring (bicyclic) bond motifs is 7. The number of carbonyl (C=O) groups excluding carboxylic acids is 13. The molecule has 20 N–H and O–H groups in total. The SMILES string of the molecule is COc1cc2cc(c1Cl)N(C)C(=O)C[C@H](OC(=O)[C@H](C)N(C)C(=O)CCSSC(C)(C)[C@H](NC(=O)[C@@H]1CSSC[C@H](NC(=O)[C@H](N)Cc3ccccc3)C(=O)N[C@@H](Cc3ccc(O)cc3)C(=O)N[C@H](Cc3c[nH]c4ccccc34)C(=O)N[C@@H](CCCCNC(=O)NCCCCCCN)C(=O)N[C@@H]([C@@H](C)O)C(=O)N1)C(N)=O)[C@@]1(C)CC(C)(O1)[C@@H]1C[C@@](O)(NC(=O)O1)[C@H](OC)/C=C/C=C(\C)C2. The van der Waals surface area contributed by atoms with Gasteiger partial charge in [0.1, 0.15) is 94.4 Å². The normalized spacial score (nSPS) is 25.2. The molecule has 134 heavy (non-hydrogen) atoms. The molecule has 0 aliphatic carbocycles. The van der Waals surface area contributed by atoms with Gasteiger partial charge in [0.15, 0.2) is 5.72 Å². The predicted octanol–water partition coefficient (Wildman–Crippen LogP) is 5.09. The number of phenols is 1. The van der Waals surface area contributed by atoms with Gasteiger partial charge in [0.05, 0.1) is 31.4 Å². The van der Waals surface area contributed by atoms with Crippen LogP contribution in [0.3, 0.4) is 0 Å². The number of urea groups is 1. The van der Waals surface area contributed by atoms with Gasteiger partial charge in [-0.25, -0.2) is 14.4 Å². The number of likely N-dealkylation sites (N-methyl/N-ethyl adjacent to an activating group) is 1. The molecule has 16 atom stereocenters. The number of anilines is 1.